The van der Waals surface area contributed by atoms with Crippen molar-refractivity contribution in [1.29, 1.82) is 0 Å². The highest BCUT2D eigenvalue weighted by Gasteiger charge is 2.38. The van der Waals surface area contributed by atoms with Crippen LogP contribution in [-0.4, -0.2) is 13.2 Å². The lowest BCUT2D eigenvalue weighted by Crippen LogP contribution is -2.28. The molecule has 1 fully saturated rings. The van der Waals surface area contributed by atoms with Crippen molar-refractivity contribution in [2.24, 2.45) is 17.8 Å². The highest BCUT2D eigenvalue weighted by molar-refractivity contribution is 5.48. The summed E-state index contributed by atoms with van der Waals surface area (Å²) in [7, 11) is 1.48. The monoisotopic (exact) mass is 261 g/mol. The SMILES string of the molecule is COc1ccc(NC(C)C2CC3C=CC2C3)cc1F. The molecular formula is C16H20FNO. The maximum atomic E-state index is 13.7. The number of anilines is 1. The van der Waals surface area contributed by atoms with Gasteiger partial charge in [0.15, 0.2) is 11.6 Å². The molecule has 2 bridgehead atoms. The molecular weight excluding hydrogens is 241 g/mol. The maximum Gasteiger partial charge on any atom is 0.167 e. The lowest BCUT2D eigenvalue weighted by atomic mass is 9.87. The Kier molecular flexibility index (Phi) is 3.21. The topological polar surface area (TPSA) is 21.3 Å². The van der Waals surface area contributed by atoms with Crippen LogP contribution in [0.15, 0.2) is 30.4 Å². The number of ether oxygens (including phenoxy) is 1. The van der Waals surface area contributed by atoms with Crippen molar-refractivity contribution in [1.82, 2.24) is 0 Å². The van der Waals surface area contributed by atoms with E-state index in [2.05, 4.69) is 24.4 Å². The average Bonchev–Trinajstić information content (AvgIpc) is 3.01. The van der Waals surface area contributed by atoms with E-state index in [4.69, 9.17) is 4.74 Å². The minimum absolute atomic E-state index is 0.293. The third-order valence-electron chi connectivity index (χ3n) is 4.52. The van der Waals surface area contributed by atoms with Gasteiger partial charge < -0.3 is 10.1 Å². The van der Waals surface area contributed by atoms with Gasteiger partial charge in [0.1, 0.15) is 0 Å². The number of nitrogens with one attached hydrogen (secondary N) is 1. The van der Waals surface area contributed by atoms with Crippen LogP contribution in [0.4, 0.5) is 10.1 Å². The molecule has 2 aliphatic rings. The van der Waals surface area contributed by atoms with E-state index in [0.717, 1.165) is 11.6 Å². The van der Waals surface area contributed by atoms with Crippen molar-refractivity contribution >= 4 is 5.69 Å². The van der Waals surface area contributed by atoms with Crippen LogP contribution in [0.3, 0.4) is 0 Å². The summed E-state index contributed by atoms with van der Waals surface area (Å²) in [5.41, 5.74) is 0.831. The van der Waals surface area contributed by atoms with Gasteiger partial charge in [-0.05, 0) is 49.7 Å². The predicted molar refractivity (Wildman–Crippen MR) is 74.9 cm³/mol. The van der Waals surface area contributed by atoms with Gasteiger partial charge in [0.05, 0.1) is 7.11 Å². The second-order valence-electron chi connectivity index (χ2n) is 5.73. The second-order valence-corrected chi connectivity index (χ2v) is 5.73. The Balaban J connectivity index is 1.68. The fourth-order valence-corrected chi connectivity index (χ4v) is 3.52. The third kappa shape index (κ3) is 2.34. The standard InChI is InChI=1S/C16H20FNO/c1-10(14-8-11-3-4-12(14)7-11)18-13-5-6-16(19-2)15(17)9-13/h3-6,9-12,14,18H,7-8H2,1-2H3. The van der Waals surface area contributed by atoms with Gasteiger partial charge in [0.25, 0.3) is 0 Å². The smallest absolute Gasteiger partial charge is 0.167 e. The molecule has 3 heteroatoms. The number of methoxy groups -OCH3 is 1. The first kappa shape index (κ1) is 12.5. The lowest BCUT2D eigenvalue weighted by Gasteiger charge is -2.27. The van der Waals surface area contributed by atoms with Crippen molar-refractivity contribution in [3.05, 3.63) is 36.2 Å². The largest absolute Gasteiger partial charge is 0.494 e. The van der Waals surface area contributed by atoms with Gasteiger partial charge in [-0.3, -0.25) is 0 Å². The van der Waals surface area contributed by atoms with E-state index in [-0.39, 0.29) is 5.82 Å². The Bertz CT molecular complexity index is 500. The van der Waals surface area contributed by atoms with E-state index in [0.29, 0.717) is 23.6 Å². The summed E-state index contributed by atoms with van der Waals surface area (Å²) in [4.78, 5) is 0. The molecule has 0 aromatic heterocycles. The minimum atomic E-state index is -0.312. The molecule has 0 spiro atoms. The first-order chi connectivity index (χ1) is 9.17. The first-order valence-corrected chi connectivity index (χ1v) is 6.96. The van der Waals surface area contributed by atoms with Crippen LogP contribution < -0.4 is 10.1 Å². The van der Waals surface area contributed by atoms with E-state index in [9.17, 15) is 4.39 Å². The number of hydrogen-bond acceptors (Lipinski definition) is 2. The van der Waals surface area contributed by atoms with Crippen molar-refractivity contribution in [2.45, 2.75) is 25.8 Å². The molecule has 3 rings (SSSR count). The summed E-state index contributed by atoms with van der Waals surface area (Å²) in [6.07, 6.45) is 7.26. The summed E-state index contributed by atoms with van der Waals surface area (Å²) in [5.74, 6) is 2.12. The van der Waals surface area contributed by atoms with E-state index in [1.54, 1.807) is 6.07 Å². The van der Waals surface area contributed by atoms with Gasteiger partial charge in [0, 0.05) is 17.8 Å². The molecule has 1 N–H and O–H groups in total. The average molecular weight is 261 g/mol. The molecule has 0 amide bonds. The molecule has 102 valence electrons. The van der Waals surface area contributed by atoms with Gasteiger partial charge in [-0.1, -0.05) is 12.2 Å². The van der Waals surface area contributed by atoms with E-state index in [1.165, 1.54) is 26.0 Å². The Morgan fingerprint density at radius 1 is 1.32 bits per heavy atom. The molecule has 1 aromatic carbocycles. The van der Waals surface area contributed by atoms with Crippen molar-refractivity contribution < 1.29 is 9.13 Å². The maximum absolute atomic E-state index is 13.7. The third-order valence-corrected chi connectivity index (χ3v) is 4.52. The first-order valence-electron chi connectivity index (χ1n) is 6.96. The number of halogens is 1. The molecule has 1 saturated carbocycles. The minimum Gasteiger partial charge on any atom is -0.494 e. The summed E-state index contributed by atoms with van der Waals surface area (Å²) < 4.78 is 18.6. The van der Waals surface area contributed by atoms with Crippen LogP contribution in [0, 0.1) is 23.6 Å². The summed E-state index contributed by atoms with van der Waals surface area (Å²) in [6, 6.07) is 5.43. The molecule has 4 atom stereocenters. The van der Waals surface area contributed by atoms with Gasteiger partial charge in [0.2, 0.25) is 0 Å². The summed E-state index contributed by atoms with van der Waals surface area (Å²) in [5, 5.41) is 3.43. The Morgan fingerprint density at radius 3 is 2.74 bits per heavy atom. The molecule has 4 unspecified atom stereocenters. The van der Waals surface area contributed by atoms with Crippen LogP contribution in [0.5, 0.6) is 5.75 Å². The van der Waals surface area contributed by atoms with E-state index >= 15 is 0 Å². The number of fused-ring (bicyclic) bond motifs is 2. The predicted octanol–water partition coefficient (Wildman–Crippen LogP) is 3.85. The number of benzene rings is 1. The second kappa shape index (κ2) is 4.87. The van der Waals surface area contributed by atoms with Crippen LogP contribution >= 0.6 is 0 Å². The van der Waals surface area contributed by atoms with Crippen LogP contribution in [0.1, 0.15) is 19.8 Å². The van der Waals surface area contributed by atoms with Gasteiger partial charge in [-0.15, -0.1) is 0 Å². The molecule has 0 saturated heterocycles. The number of allylic oxidation sites excluding steroid dienone is 2. The Labute approximate surface area is 113 Å². The highest BCUT2D eigenvalue weighted by atomic mass is 19.1. The number of hydrogen-bond donors (Lipinski definition) is 1. The van der Waals surface area contributed by atoms with Gasteiger partial charge in [-0.25, -0.2) is 4.39 Å². The molecule has 2 nitrogen and oxygen atoms in total. The Hall–Kier alpha value is -1.51. The van der Waals surface area contributed by atoms with Gasteiger partial charge >= 0.3 is 0 Å². The quantitative estimate of drug-likeness (QED) is 0.831. The molecule has 0 heterocycles. The zero-order chi connectivity index (χ0) is 13.4. The van der Waals surface area contributed by atoms with Crippen LogP contribution in [0.25, 0.3) is 0 Å². The van der Waals surface area contributed by atoms with Crippen molar-refractivity contribution in [3.63, 3.8) is 0 Å². The summed E-state index contributed by atoms with van der Waals surface area (Å²) >= 11 is 0. The molecule has 19 heavy (non-hydrogen) atoms. The zero-order valence-electron chi connectivity index (χ0n) is 11.4. The Morgan fingerprint density at radius 2 is 2.16 bits per heavy atom. The van der Waals surface area contributed by atoms with Gasteiger partial charge in [-0.2, -0.15) is 0 Å². The number of rotatable bonds is 4. The fraction of sp³-hybridized carbons (Fsp3) is 0.500. The highest BCUT2D eigenvalue weighted by Crippen LogP contribution is 2.45. The normalized spacial score (nSPS) is 29.5. The van der Waals surface area contributed by atoms with Crippen LogP contribution in [-0.2, 0) is 0 Å². The molecule has 1 aromatic rings. The molecule has 0 radical (unpaired) electrons. The molecule has 2 aliphatic carbocycles. The molecule has 0 aliphatic heterocycles. The fourth-order valence-electron chi connectivity index (χ4n) is 3.52. The zero-order valence-corrected chi connectivity index (χ0v) is 11.4. The van der Waals surface area contributed by atoms with Crippen molar-refractivity contribution in [2.75, 3.05) is 12.4 Å². The van der Waals surface area contributed by atoms with Crippen molar-refractivity contribution in [3.8, 4) is 5.75 Å². The van der Waals surface area contributed by atoms with E-state index < -0.39 is 0 Å². The van der Waals surface area contributed by atoms with Crippen LogP contribution in [0.2, 0.25) is 0 Å². The van der Waals surface area contributed by atoms with E-state index in [1.807, 2.05) is 6.07 Å². The summed E-state index contributed by atoms with van der Waals surface area (Å²) in [6.45, 7) is 2.20. The lowest BCUT2D eigenvalue weighted by molar-refractivity contribution is 0.386.